The predicted molar refractivity (Wildman–Crippen MR) is 147 cm³/mol. The zero-order valence-electron chi connectivity index (χ0n) is 21.8. The third-order valence-electron chi connectivity index (χ3n) is 6.76. The van der Waals surface area contributed by atoms with Crippen LogP contribution < -0.4 is 14.8 Å². The maximum Gasteiger partial charge on any atom is 0.203 e. The van der Waals surface area contributed by atoms with Gasteiger partial charge in [-0.05, 0) is 55.7 Å². The highest BCUT2D eigenvalue weighted by molar-refractivity contribution is 5.74. The lowest BCUT2D eigenvalue weighted by Gasteiger charge is -2.21. The smallest absolute Gasteiger partial charge is 0.203 e. The molecule has 0 amide bonds. The Morgan fingerprint density at radius 2 is 1.83 bits per heavy atom. The number of anilines is 1. The van der Waals surface area contributed by atoms with Gasteiger partial charge < -0.3 is 14.4 Å². The van der Waals surface area contributed by atoms with Crippen LogP contribution in [0.15, 0.2) is 70.8 Å². The summed E-state index contributed by atoms with van der Waals surface area (Å²) in [5, 5.41) is 10.6. The summed E-state index contributed by atoms with van der Waals surface area (Å²) in [5.74, 6) is 1.90. The largest absolute Gasteiger partial charge is 0.460 e. The quantitative estimate of drug-likeness (QED) is 0.440. The monoisotopic (exact) mass is 471 g/mol. The Balaban J connectivity index is 1.74. The topological polar surface area (TPSA) is 39.6 Å². The molecule has 3 aliphatic rings. The molecule has 2 heterocycles. The van der Waals surface area contributed by atoms with Crippen molar-refractivity contribution < 1.29 is 9.52 Å². The van der Waals surface area contributed by atoms with E-state index in [0.29, 0.717) is 0 Å². The molecule has 0 radical (unpaired) electrons. The Bertz CT molecular complexity index is 1270. The molecule has 0 fully saturated rings. The fraction of sp³-hybridized carbons (Fsp3) is 0.387. The van der Waals surface area contributed by atoms with Gasteiger partial charge in [-0.25, -0.2) is 4.58 Å². The van der Waals surface area contributed by atoms with E-state index in [2.05, 4.69) is 111 Å². The van der Waals surface area contributed by atoms with E-state index in [9.17, 15) is 5.11 Å². The molecule has 4 heteroatoms. The molecule has 0 atom stereocenters. The number of hydrogen-bond donors (Lipinski definition) is 1. The van der Waals surface area contributed by atoms with Crippen LogP contribution in [-0.2, 0) is 11.8 Å². The zero-order valence-corrected chi connectivity index (χ0v) is 21.8. The van der Waals surface area contributed by atoms with Crippen molar-refractivity contribution in [2.75, 3.05) is 31.1 Å². The number of aliphatic hydroxyl groups excluding tert-OH is 1. The molecule has 0 unspecified atom stereocenters. The minimum atomic E-state index is -0.0887. The van der Waals surface area contributed by atoms with Gasteiger partial charge in [0, 0.05) is 48.0 Å². The Hall–Kier alpha value is -3.11. The molecule has 0 aromatic heterocycles. The van der Waals surface area contributed by atoms with Crippen LogP contribution in [0.1, 0.15) is 57.9 Å². The summed E-state index contributed by atoms with van der Waals surface area (Å²) in [6.07, 6.45) is 8.24. The molecule has 0 bridgehead atoms. The number of benzene rings is 2. The molecule has 35 heavy (non-hydrogen) atoms. The fourth-order valence-corrected chi connectivity index (χ4v) is 4.77. The number of aliphatic hydroxyl groups is 1. The predicted octanol–water partition coefficient (Wildman–Crippen LogP) is 5.84. The molecule has 184 valence electrons. The average molecular weight is 472 g/mol. The highest BCUT2D eigenvalue weighted by Gasteiger charge is 2.23. The van der Waals surface area contributed by atoms with E-state index in [4.69, 9.17) is 4.42 Å². The van der Waals surface area contributed by atoms with Crippen molar-refractivity contribution in [1.29, 1.82) is 0 Å². The van der Waals surface area contributed by atoms with Gasteiger partial charge in [-0.2, -0.15) is 0 Å². The molecule has 4 rings (SSSR count). The van der Waals surface area contributed by atoms with Crippen LogP contribution in [0.5, 0.6) is 0 Å². The number of allylic oxidation sites excluding steroid dienone is 3. The second-order valence-electron chi connectivity index (χ2n) is 10.2. The van der Waals surface area contributed by atoms with Crippen molar-refractivity contribution in [3.05, 3.63) is 88.6 Å². The maximum absolute atomic E-state index is 9.39. The Morgan fingerprint density at radius 3 is 2.54 bits per heavy atom. The summed E-state index contributed by atoms with van der Waals surface area (Å²) >= 11 is 0. The number of para-hydroxylation sites is 1. The second-order valence-corrected chi connectivity index (χ2v) is 10.2. The molecule has 1 aromatic rings. The van der Waals surface area contributed by atoms with Gasteiger partial charge in [0.05, 0.1) is 6.07 Å². The molecular formula is C31H39N2O2+. The maximum atomic E-state index is 9.39. The van der Waals surface area contributed by atoms with Gasteiger partial charge in [-0.1, -0.05) is 51.1 Å². The highest BCUT2D eigenvalue weighted by Crippen LogP contribution is 2.35. The molecule has 0 saturated heterocycles. The van der Waals surface area contributed by atoms with Crippen LogP contribution in [0.4, 0.5) is 5.69 Å². The summed E-state index contributed by atoms with van der Waals surface area (Å²) in [7, 11) is 0. The molecule has 0 spiro atoms. The normalized spacial score (nSPS) is 14.9. The molecule has 1 aliphatic carbocycles. The Morgan fingerprint density at radius 1 is 1.06 bits per heavy atom. The van der Waals surface area contributed by atoms with E-state index in [0.717, 1.165) is 55.1 Å². The molecule has 1 aromatic carbocycles. The van der Waals surface area contributed by atoms with Gasteiger partial charge in [0.1, 0.15) is 24.6 Å². The van der Waals surface area contributed by atoms with E-state index >= 15 is 0 Å². The Labute approximate surface area is 209 Å². The zero-order chi connectivity index (χ0) is 25.0. The first kappa shape index (κ1) is 25.0. The third kappa shape index (κ3) is 5.43. The van der Waals surface area contributed by atoms with Crippen molar-refractivity contribution in [2.24, 2.45) is 0 Å². The number of nitrogens with zero attached hydrogens (tertiary/aromatic N) is 2. The number of fused-ring (bicyclic) bond motifs is 2. The molecule has 0 saturated carbocycles. The van der Waals surface area contributed by atoms with Gasteiger partial charge >= 0.3 is 0 Å². The van der Waals surface area contributed by atoms with E-state index in [1.54, 1.807) is 0 Å². The van der Waals surface area contributed by atoms with Gasteiger partial charge in [-0.3, -0.25) is 0 Å². The van der Waals surface area contributed by atoms with E-state index in [-0.39, 0.29) is 12.0 Å². The van der Waals surface area contributed by atoms with Gasteiger partial charge in [-0.15, -0.1) is 0 Å². The van der Waals surface area contributed by atoms with Crippen molar-refractivity contribution in [2.45, 2.75) is 52.9 Å². The van der Waals surface area contributed by atoms with E-state index in [1.165, 1.54) is 22.3 Å². The lowest BCUT2D eigenvalue weighted by molar-refractivity contribution is 0.290. The van der Waals surface area contributed by atoms with Crippen molar-refractivity contribution in [3.63, 3.8) is 0 Å². The first-order valence-electron chi connectivity index (χ1n) is 12.9. The van der Waals surface area contributed by atoms with Crippen LogP contribution >= 0.6 is 0 Å². The summed E-state index contributed by atoms with van der Waals surface area (Å²) in [4.78, 5) is 2.34. The summed E-state index contributed by atoms with van der Waals surface area (Å²) in [6, 6.07) is 17.3. The van der Waals surface area contributed by atoms with E-state index in [1.807, 2.05) is 0 Å². The van der Waals surface area contributed by atoms with Crippen LogP contribution in [0.3, 0.4) is 0 Å². The lowest BCUT2D eigenvalue weighted by atomic mass is 9.90. The number of hydrogen-bond acceptors (Lipinski definition) is 3. The molecule has 4 nitrogen and oxygen atoms in total. The molecule has 2 aliphatic heterocycles. The van der Waals surface area contributed by atoms with Crippen molar-refractivity contribution in [1.82, 2.24) is 4.58 Å². The SMILES string of the molecule is CC[N+](CC)=c1ccc2c(/C=C/C=C3\Cc4ccccc4N3CCCO)cc(C(C)(C)C)oc-2c1. The van der Waals surface area contributed by atoms with Crippen LogP contribution in [0.2, 0.25) is 0 Å². The minimum absolute atomic E-state index is 0.0887. The highest BCUT2D eigenvalue weighted by atomic mass is 16.3. The van der Waals surface area contributed by atoms with Crippen LogP contribution in [0, 0.1) is 0 Å². The van der Waals surface area contributed by atoms with Crippen molar-refractivity contribution in [3.8, 4) is 11.3 Å². The van der Waals surface area contributed by atoms with Gasteiger partial charge in [0.25, 0.3) is 0 Å². The molecular weight excluding hydrogens is 432 g/mol. The van der Waals surface area contributed by atoms with Gasteiger partial charge in [0.2, 0.25) is 5.36 Å². The van der Waals surface area contributed by atoms with Crippen molar-refractivity contribution >= 4 is 11.8 Å². The fourth-order valence-electron chi connectivity index (χ4n) is 4.77. The van der Waals surface area contributed by atoms with E-state index < -0.39 is 0 Å². The standard InChI is InChI=1S/C31H39N2O2/c1-6-32(7-2)25-16-17-27-23(21-30(31(3,4)5)35-29(27)22-25)13-10-14-26-20-24-12-8-9-15-28(24)33(26)18-11-19-34/h8-10,12-17,21-22,34H,6-7,11,18-20H2,1-5H3/q+1. The first-order valence-corrected chi connectivity index (χ1v) is 12.9. The summed E-state index contributed by atoms with van der Waals surface area (Å²) in [6.45, 7) is 13.9. The third-order valence-corrected chi connectivity index (χ3v) is 6.76. The lowest BCUT2D eigenvalue weighted by Crippen LogP contribution is -2.29. The van der Waals surface area contributed by atoms with Gasteiger partial charge in [0.15, 0.2) is 0 Å². The molecule has 1 N–H and O–H groups in total. The minimum Gasteiger partial charge on any atom is -0.460 e. The summed E-state index contributed by atoms with van der Waals surface area (Å²) in [5.41, 5.74) is 6.05. The average Bonchev–Trinajstić information content (AvgIpc) is 3.19. The second kappa shape index (κ2) is 10.7. The number of rotatable bonds is 7. The van der Waals surface area contributed by atoms with Crippen LogP contribution in [-0.4, -0.2) is 31.3 Å². The Kier molecular flexibility index (Phi) is 7.61. The van der Waals surface area contributed by atoms with Crippen LogP contribution in [0.25, 0.3) is 17.4 Å². The summed E-state index contributed by atoms with van der Waals surface area (Å²) < 4.78 is 8.77. The first-order chi connectivity index (χ1) is 16.9.